The van der Waals surface area contributed by atoms with Crippen molar-refractivity contribution in [3.05, 3.63) is 57.5 Å². The molecule has 4 rings (SSSR count). The number of nitrogens with zero attached hydrogens (tertiary/aromatic N) is 3. The van der Waals surface area contributed by atoms with E-state index in [1.54, 1.807) is 13.3 Å². The highest BCUT2D eigenvalue weighted by Gasteiger charge is 2.20. The largest absolute Gasteiger partial charge is 0.495 e. The van der Waals surface area contributed by atoms with Crippen molar-refractivity contribution in [2.45, 2.75) is 26.7 Å². The third kappa shape index (κ3) is 5.38. The van der Waals surface area contributed by atoms with Gasteiger partial charge in [-0.05, 0) is 48.4 Å². The molecule has 0 atom stereocenters. The van der Waals surface area contributed by atoms with Crippen molar-refractivity contribution in [2.75, 3.05) is 12.4 Å². The van der Waals surface area contributed by atoms with Crippen LogP contribution in [0, 0.1) is 5.92 Å². The van der Waals surface area contributed by atoms with Gasteiger partial charge in [0.1, 0.15) is 5.75 Å². The highest BCUT2D eigenvalue weighted by Crippen LogP contribution is 2.37. The third-order valence-corrected chi connectivity index (χ3v) is 7.26. The maximum absolute atomic E-state index is 11.9. The van der Waals surface area contributed by atoms with Gasteiger partial charge >= 0.3 is 5.97 Å². The van der Waals surface area contributed by atoms with Crippen molar-refractivity contribution in [1.29, 1.82) is 0 Å². The average molecular weight is 515 g/mol. The lowest BCUT2D eigenvalue weighted by Gasteiger charge is -2.07. The lowest BCUT2D eigenvalue weighted by atomic mass is 10.0. The summed E-state index contributed by atoms with van der Waals surface area (Å²) in [6.07, 6.45) is 3.40. The van der Waals surface area contributed by atoms with E-state index in [1.807, 2.05) is 35.7 Å². The molecule has 0 saturated carbocycles. The Morgan fingerprint density at radius 2 is 2.09 bits per heavy atom. The van der Waals surface area contributed by atoms with E-state index in [0.717, 1.165) is 33.9 Å². The maximum atomic E-state index is 11.9. The minimum Gasteiger partial charge on any atom is -0.495 e. The summed E-state index contributed by atoms with van der Waals surface area (Å²) in [5.41, 5.74) is 2.03. The first-order chi connectivity index (χ1) is 16.4. The molecule has 10 heteroatoms. The van der Waals surface area contributed by atoms with E-state index >= 15 is 0 Å². The van der Waals surface area contributed by atoms with Gasteiger partial charge in [-0.2, -0.15) is 0 Å². The number of aromatic carboxylic acids is 1. The fraction of sp³-hybridized carbons (Fsp3) is 0.250. The summed E-state index contributed by atoms with van der Waals surface area (Å²) in [6, 6.07) is 9.32. The Balaban J connectivity index is 1.70. The lowest BCUT2D eigenvalue weighted by molar-refractivity contribution is 0.0691. The van der Waals surface area contributed by atoms with Gasteiger partial charge in [0, 0.05) is 10.4 Å². The summed E-state index contributed by atoms with van der Waals surface area (Å²) >= 11 is 9.31. The number of carboxylic acid groups (broad SMARTS) is 1. The van der Waals surface area contributed by atoms with E-state index in [-0.39, 0.29) is 11.5 Å². The molecule has 0 unspecified atom stereocenters. The topological polar surface area (TPSA) is 97.2 Å². The van der Waals surface area contributed by atoms with Crippen LogP contribution < -0.4 is 10.1 Å². The van der Waals surface area contributed by atoms with Gasteiger partial charge in [0.2, 0.25) is 0 Å². The van der Waals surface area contributed by atoms with Crippen LogP contribution in [-0.2, 0) is 6.42 Å². The molecule has 3 aromatic heterocycles. The number of carbonyl (C=O) groups is 1. The Hall–Kier alpha value is -3.01. The number of rotatable bonds is 9. The predicted octanol–water partition coefficient (Wildman–Crippen LogP) is 7.02. The second kappa shape index (κ2) is 10.5. The minimum absolute atomic E-state index is 0.149. The number of aryl methyl sites for hydroxylation is 1. The summed E-state index contributed by atoms with van der Waals surface area (Å²) in [7, 11) is 1.57. The molecule has 4 aromatic rings. The first-order valence-corrected chi connectivity index (χ1v) is 12.7. The van der Waals surface area contributed by atoms with Crippen LogP contribution in [0.25, 0.3) is 21.8 Å². The van der Waals surface area contributed by atoms with Crippen LogP contribution in [0.5, 0.6) is 5.75 Å². The molecule has 2 N–H and O–H groups in total. The normalized spacial score (nSPS) is 11.1. The van der Waals surface area contributed by atoms with E-state index in [1.165, 1.54) is 22.7 Å². The van der Waals surface area contributed by atoms with Gasteiger partial charge in [0.15, 0.2) is 16.6 Å². The van der Waals surface area contributed by atoms with Crippen LogP contribution in [0.3, 0.4) is 0 Å². The molecule has 3 heterocycles. The van der Waals surface area contributed by atoms with Gasteiger partial charge in [-0.25, -0.2) is 19.7 Å². The SMILES string of the molecule is COc1ccc(-c2nc(Nc3ncc(-c4cccs4)nc3C(=O)O)sc2CCC(C)C)cc1Cl. The van der Waals surface area contributed by atoms with Crippen LogP contribution in [0.2, 0.25) is 5.02 Å². The van der Waals surface area contributed by atoms with Crippen molar-refractivity contribution in [2.24, 2.45) is 5.92 Å². The number of ether oxygens (including phenoxy) is 1. The van der Waals surface area contributed by atoms with Gasteiger partial charge in [-0.15, -0.1) is 22.7 Å². The molecule has 7 nitrogen and oxygen atoms in total. The second-order valence-corrected chi connectivity index (χ2v) is 10.4. The molecule has 0 aliphatic heterocycles. The number of halogens is 1. The maximum Gasteiger partial charge on any atom is 0.358 e. The Morgan fingerprint density at radius 1 is 1.26 bits per heavy atom. The molecule has 0 amide bonds. The Morgan fingerprint density at radius 3 is 2.74 bits per heavy atom. The monoisotopic (exact) mass is 514 g/mol. The van der Waals surface area contributed by atoms with Crippen LogP contribution in [0.15, 0.2) is 41.9 Å². The van der Waals surface area contributed by atoms with Gasteiger partial charge in [0.25, 0.3) is 0 Å². The van der Waals surface area contributed by atoms with Crippen LogP contribution >= 0.6 is 34.3 Å². The van der Waals surface area contributed by atoms with Gasteiger partial charge in [-0.3, -0.25) is 0 Å². The molecule has 0 radical (unpaired) electrons. The summed E-state index contributed by atoms with van der Waals surface area (Å²) in [5.74, 6) is 0.110. The number of nitrogens with one attached hydrogen (secondary N) is 1. The summed E-state index contributed by atoms with van der Waals surface area (Å²) in [6.45, 7) is 4.35. The zero-order chi connectivity index (χ0) is 24.2. The summed E-state index contributed by atoms with van der Waals surface area (Å²) < 4.78 is 5.27. The number of anilines is 2. The number of benzene rings is 1. The number of hydrogen-bond acceptors (Lipinski definition) is 8. The fourth-order valence-corrected chi connectivity index (χ4v) is 5.24. The molecule has 176 valence electrons. The average Bonchev–Trinajstić information content (AvgIpc) is 3.48. The number of hydrogen-bond donors (Lipinski definition) is 2. The van der Waals surface area contributed by atoms with E-state index in [0.29, 0.717) is 27.5 Å². The molecular weight excluding hydrogens is 492 g/mol. The van der Waals surface area contributed by atoms with E-state index in [2.05, 4.69) is 29.1 Å². The van der Waals surface area contributed by atoms with Crippen molar-refractivity contribution >= 4 is 51.2 Å². The van der Waals surface area contributed by atoms with Gasteiger partial charge in [0.05, 0.1) is 34.6 Å². The zero-order valence-corrected chi connectivity index (χ0v) is 21.2. The Labute approximate surface area is 210 Å². The quantitative estimate of drug-likeness (QED) is 0.247. The zero-order valence-electron chi connectivity index (χ0n) is 18.8. The second-order valence-electron chi connectivity index (χ2n) is 7.93. The summed E-state index contributed by atoms with van der Waals surface area (Å²) in [5, 5.41) is 15.8. The highest BCUT2D eigenvalue weighted by molar-refractivity contribution is 7.16. The first-order valence-electron chi connectivity index (χ1n) is 10.6. The number of aromatic nitrogens is 3. The molecule has 0 saturated heterocycles. The Bertz CT molecular complexity index is 1310. The molecule has 0 aliphatic carbocycles. The van der Waals surface area contributed by atoms with Crippen molar-refractivity contribution in [3.8, 4) is 27.6 Å². The molecular formula is C24H23ClN4O3S2. The minimum atomic E-state index is -1.16. The molecule has 34 heavy (non-hydrogen) atoms. The van der Waals surface area contributed by atoms with E-state index in [4.69, 9.17) is 21.3 Å². The summed E-state index contributed by atoms with van der Waals surface area (Å²) in [4.78, 5) is 27.3. The van der Waals surface area contributed by atoms with E-state index < -0.39 is 5.97 Å². The standard InChI is InChI=1S/C24H23ClN4O3S2/c1-13(2)6-9-19-20(14-7-8-17(32-3)15(25)11-14)28-24(34-19)29-22-21(23(30)31)27-16(12-26-22)18-5-4-10-33-18/h4-5,7-8,10-13H,6,9H2,1-3H3,(H,30,31)(H,26,28,29). The number of thiazole rings is 1. The molecule has 0 bridgehead atoms. The van der Waals surface area contributed by atoms with Crippen molar-refractivity contribution in [3.63, 3.8) is 0 Å². The van der Waals surface area contributed by atoms with Gasteiger partial charge < -0.3 is 15.2 Å². The molecule has 1 aromatic carbocycles. The Kier molecular flexibility index (Phi) is 7.45. The molecule has 0 aliphatic rings. The van der Waals surface area contributed by atoms with Crippen molar-refractivity contribution in [1.82, 2.24) is 15.0 Å². The number of carboxylic acids is 1. The van der Waals surface area contributed by atoms with Crippen LogP contribution in [0.1, 0.15) is 35.6 Å². The fourth-order valence-electron chi connectivity index (χ4n) is 3.31. The number of thiophene rings is 1. The first kappa shape index (κ1) is 24.1. The van der Waals surface area contributed by atoms with Crippen molar-refractivity contribution < 1.29 is 14.6 Å². The molecule has 0 spiro atoms. The van der Waals surface area contributed by atoms with Crippen LogP contribution in [-0.4, -0.2) is 33.1 Å². The smallest absolute Gasteiger partial charge is 0.358 e. The number of methoxy groups -OCH3 is 1. The van der Waals surface area contributed by atoms with E-state index in [9.17, 15) is 9.90 Å². The third-order valence-electron chi connectivity index (χ3n) is 5.05. The van der Waals surface area contributed by atoms with Crippen LogP contribution in [0.4, 0.5) is 10.9 Å². The predicted molar refractivity (Wildman–Crippen MR) is 138 cm³/mol. The lowest BCUT2D eigenvalue weighted by Crippen LogP contribution is -2.08. The van der Waals surface area contributed by atoms with Gasteiger partial charge in [-0.1, -0.05) is 31.5 Å². The highest BCUT2D eigenvalue weighted by atomic mass is 35.5. The molecule has 0 fully saturated rings.